The summed E-state index contributed by atoms with van der Waals surface area (Å²) in [6, 6.07) is 13.3. The fourth-order valence-electron chi connectivity index (χ4n) is 1.95. The van der Waals surface area contributed by atoms with Crippen molar-refractivity contribution in [2.75, 3.05) is 0 Å². The number of carbonyl (C=O) groups is 1. The van der Waals surface area contributed by atoms with Crippen molar-refractivity contribution in [1.29, 1.82) is 0 Å². The molecule has 1 aromatic carbocycles. The Labute approximate surface area is 120 Å². The summed E-state index contributed by atoms with van der Waals surface area (Å²) in [5.41, 5.74) is 1.81. The molecular weight excluding hydrogens is 306 g/mol. The molecule has 0 aliphatic heterocycles. The lowest BCUT2D eigenvalue weighted by Gasteiger charge is -2.13. The molecule has 0 spiro atoms. The van der Waals surface area contributed by atoms with Gasteiger partial charge in [0.25, 0.3) is 0 Å². The van der Waals surface area contributed by atoms with Gasteiger partial charge in [-0.3, -0.25) is 9.78 Å². The fraction of sp³-hybridized carbons (Fsp3) is 0.200. The highest BCUT2D eigenvalue weighted by Crippen LogP contribution is 2.21. The van der Waals surface area contributed by atoms with Crippen LogP contribution in [0.15, 0.2) is 53.1 Å². The second kappa shape index (κ2) is 6.48. The minimum Gasteiger partial charge on any atom is -0.481 e. The minimum absolute atomic E-state index is 0.442. The van der Waals surface area contributed by atoms with Crippen molar-refractivity contribution >= 4 is 21.9 Å². The molecule has 0 fully saturated rings. The van der Waals surface area contributed by atoms with Crippen LogP contribution in [-0.4, -0.2) is 16.1 Å². The molecule has 0 amide bonds. The SMILES string of the molecule is O=C(O)C(Cc1ccccn1)Cc1ccccc1Br. The molecule has 0 aliphatic carbocycles. The quantitative estimate of drug-likeness (QED) is 0.919. The van der Waals surface area contributed by atoms with Crippen LogP contribution in [0, 0.1) is 5.92 Å². The van der Waals surface area contributed by atoms with Gasteiger partial charge in [0.1, 0.15) is 0 Å². The molecule has 19 heavy (non-hydrogen) atoms. The smallest absolute Gasteiger partial charge is 0.307 e. The number of benzene rings is 1. The number of rotatable bonds is 5. The van der Waals surface area contributed by atoms with Crippen LogP contribution in [0.2, 0.25) is 0 Å². The van der Waals surface area contributed by atoms with E-state index in [-0.39, 0.29) is 0 Å². The molecule has 1 aromatic heterocycles. The largest absolute Gasteiger partial charge is 0.481 e. The highest BCUT2D eigenvalue weighted by Gasteiger charge is 2.20. The molecule has 0 saturated heterocycles. The second-order valence-electron chi connectivity index (χ2n) is 4.36. The van der Waals surface area contributed by atoms with Gasteiger partial charge in [-0.1, -0.05) is 40.2 Å². The molecule has 1 N–H and O–H groups in total. The van der Waals surface area contributed by atoms with E-state index in [1.165, 1.54) is 0 Å². The lowest BCUT2D eigenvalue weighted by atomic mass is 9.94. The molecule has 0 aliphatic rings. The average molecular weight is 320 g/mol. The summed E-state index contributed by atoms with van der Waals surface area (Å²) in [5.74, 6) is -1.25. The Hall–Kier alpha value is -1.68. The number of aliphatic carboxylic acids is 1. The van der Waals surface area contributed by atoms with Crippen LogP contribution >= 0.6 is 15.9 Å². The Kier molecular flexibility index (Phi) is 4.68. The maximum absolute atomic E-state index is 11.4. The lowest BCUT2D eigenvalue weighted by molar-refractivity contribution is -0.141. The van der Waals surface area contributed by atoms with Crippen molar-refractivity contribution < 1.29 is 9.90 Å². The van der Waals surface area contributed by atoms with Gasteiger partial charge in [-0.2, -0.15) is 0 Å². The van der Waals surface area contributed by atoms with Gasteiger partial charge < -0.3 is 5.11 Å². The number of carboxylic acid groups (broad SMARTS) is 1. The molecule has 98 valence electrons. The number of carboxylic acids is 1. The molecule has 1 unspecified atom stereocenters. The van der Waals surface area contributed by atoms with Gasteiger partial charge >= 0.3 is 5.97 Å². The average Bonchev–Trinajstić information content (AvgIpc) is 2.41. The second-order valence-corrected chi connectivity index (χ2v) is 5.21. The highest BCUT2D eigenvalue weighted by molar-refractivity contribution is 9.10. The third-order valence-corrected chi connectivity index (χ3v) is 3.73. The van der Waals surface area contributed by atoms with Crippen LogP contribution < -0.4 is 0 Å². The van der Waals surface area contributed by atoms with Gasteiger partial charge in [-0.25, -0.2) is 0 Å². The Morgan fingerprint density at radius 1 is 1.16 bits per heavy atom. The summed E-state index contributed by atoms with van der Waals surface area (Å²) < 4.78 is 0.947. The number of hydrogen-bond acceptors (Lipinski definition) is 2. The van der Waals surface area contributed by atoms with Gasteiger partial charge in [-0.15, -0.1) is 0 Å². The van der Waals surface area contributed by atoms with E-state index in [1.807, 2.05) is 42.5 Å². The Morgan fingerprint density at radius 2 is 1.89 bits per heavy atom. The van der Waals surface area contributed by atoms with Crippen LogP contribution in [0.25, 0.3) is 0 Å². The summed E-state index contributed by atoms with van der Waals surface area (Å²) in [7, 11) is 0. The van der Waals surface area contributed by atoms with Crippen molar-refractivity contribution in [2.45, 2.75) is 12.8 Å². The molecule has 4 heteroatoms. The molecule has 1 atom stereocenters. The van der Waals surface area contributed by atoms with E-state index in [0.29, 0.717) is 12.8 Å². The van der Waals surface area contributed by atoms with Crippen molar-refractivity contribution in [3.63, 3.8) is 0 Å². The zero-order chi connectivity index (χ0) is 13.7. The summed E-state index contributed by atoms with van der Waals surface area (Å²) >= 11 is 3.45. The maximum Gasteiger partial charge on any atom is 0.307 e. The summed E-state index contributed by atoms with van der Waals surface area (Å²) in [5, 5.41) is 9.34. The predicted molar refractivity (Wildman–Crippen MR) is 76.9 cm³/mol. The van der Waals surface area contributed by atoms with Gasteiger partial charge in [0.15, 0.2) is 0 Å². The van der Waals surface area contributed by atoms with Crippen LogP contribution in [-0.2, 0) is 17.6 Å². The number of pyridine rings is 1. The van der Waals surface area contributed by atoms with E-state index in [9.17, 15) is 9.90 Å². The summed E-state index contributed by atoms with van der Waals surface area (Å²) in [6.45, 7) is 0. The zero-order valence-corrected chi connectivity index (χ0v) is 11.9. The van der Waals surface area contributed by atoms with E-state index in [4.69, 9.17) is 0 Å². The van der Waals surface area contributed by atoms with Crippen molar-refractivity contribution in [3.05, 3.63) is 64.4 Å². The molecular formula is C15H14BrNO2. The lowest BCUT2D eigenvalue weighted by Crippen LogP contribution is -2.19. The minimum atomic E-state index is -0.790. The number of nitrogens with zero attached hydrogens (tertiary/aromatic N) is 1. The third kappa shape index (κ3) is 3.89. The van der Waals surface area contributed by atoms with E-state index in [0.717, 1.165) is 15.7 Å². The monoisotopic (exact) mass is 319 g/mol. The number of hydrogen-bond donors (Lipinski definition) is 1. The molecule has 3 nitrogen and oxygen atoms in total. The van der Waals surface area contributed by atoms with Crippen molar-refractivity contribution in [1.82, 2.24) is 4.98 Å². The first kappa shape index (κ1) is 13.7. The van der Waals surface area contributed by atoms with E-state index in [2.05, 4.69) is 20.9 Å². The Balaban J connectivity index is 2.13. The predicted octanol–water partition coefficient (Wildman–Crippen LogP) is 3.33. The first-order valence-corrected chi connectivity index (χ1v) is 6.82. The van der Waals surface area contributed by atoms with E-state index >= 15 is 0 Å². The molecule has 2 aromatic rings. The topological polar surface area (TPSA) is 50.2 Å². The standard InChI is InChI=1S/C15H14BrNO2/c16-14-7-2-1-5-11(14)9-12(15(18)19)10-13-6-3-4-8-17-13/h1-8,12H,9-10H2,(H,18,19). The fourth-order valence-corrected chi connectivity index (χ4v) is 2.39. The normalized spacial score (nSPS) is 12.1. The van der Waals surface area contributed by atoms with Gasteiger partial charge in [0.05, 0.1) is 5.92 Å². The van der Waals surface area contributed by atoms with Crippen molar-refractivity contribution in [2.24, 2.45) is 5.92 Å². The van der Waals surface area contributed by atoms with Gasteiger partial charge in [-0.05, 0) is 30.2 Å². The first-order chi connectivity index (χ1) is 9.16. The summed E-state index contributed by atoms with van der Waals surface area (Å²) in [4.78, 5) is 15.6. The van der Waals surface area contributed by atoms with Crippen LogP contribution in [0.5, 0.6) is 0 Å². The van der Waals surface area contributed by atoms with Crippen LogP contribution in [0.3, 0.4) is 0 Å². The molecule has 1 heterocycles. The van der Waals surface area contributed by atoms with E-state index in [1.54, 1.807) is 6.20 Å². The van der Waals surface area contributed by atoms with Gasteiger partial charge in [0.2, 0.25) is 0 Å². The zero-order valence-electron chi connectivity index (χ0n) is 10.3. The summed E-state index contributed by atoms with van der Waals surface area (Å²) in [6.07, 6.45) is 2.62. The Morgan fingerprint density at radius 3 is 2.53 bits per heavy atom. The van der Waals surface area contributed by atoms with E-state index < -0.39 is 11.9 Å². The maximum atomic E-state index is 11.4. The number of aromatic nitrogens is 1. The third-order valence-electron chi connectivity index (χ3n) is 2.96. The van der Waals surface area contributed by atoms with Crippen molar-refractivity contribution in [3.8, 4) is 0 Å². The highest BCUT2D eigenvalue weighted by atomic mass is 79.9. The van der Waals surface area contributed by atoms with Gasteiger partial charge in [0, 0.05) is 22.8 Å². The van der Waals surface area contributed by atoms with Crippen LogP contribution in [0.4, 0.5) is 0 Å². The number of halogens is 1. The first-order valence-electron chi connectivity index (χ1n) is 6.03. The molecule has 0 radical (unpaired) electrons. The molecule has 0 saturated carbocycles. The van der Waals surface area contributed by atoms with Crippen LogP contribution in [0.1, 0.15) is 11.3 Å². The molecule has 2 rings (SSSR count). The molecule has 0 bridgehead atoms. The Bertz CT molecular complexity index is 557.